The lowest BCUT2D eigenvalue weighted by atomic mass is 10.1. The van der Waals surface area contributed by atoms with Gasteiger partial charge in [0.15, 0.2) is 0 Å². The van der Waals surface area contributed by atoms with Gasteiger partial charge in [-0.1, -0.05) is 65.3 Å². The van der Waals surface area contributed by atoms with Gasteiger partial charge in [0.25, 0.3) is 11.1 Å². The quantitative estimate of drug-likeness (QED) is 0.321. The molecule has 0 spiro atoms. The highest BCUT2D eigenvalue weighted by Crippen LogP contribution is 2.24. The third-order valence-corrected chi connectivity index (χ3v) is 5.91. The topological polar surface area (TPSA) is 97.1 Å². The van der Waals surface area contributed by atoms with Crippen molar-refractivity contribution in [2.24, 2.45) is 0 Å². The maximum atomic E-state index is 12.7. The number of para-hydroxylation sites is 1. The van der Waals surface area contributed by atoms with Crippen molar-refractivity contribution >= 4 is 40.9 Å². The first kappa shape index (κ1) is 23.5. The molecule has 2 amide bonds. The second-order valence-electron chi connectivity index (χ2n) is 7.43. The lowest BCUT2D eigenvalue weighted by Gasteiger charge is -2.11. The molecule has 4 rings (SSSR count). The van der Waals surface area contributed by atoms with Gasteiger partial charge < -0.3 is 15.1 Å². The van der Waals surface area contributed by atoms with Crippen LogP contribution in [0.4, 0.5) is 5.69 Å². The van der Waals surface area contributed by atoms with Gasteiger partial charge in [0.1, 0.15) is 0 Å². The van der Waals surface area contributed by atoms with Gasteiger partial charge in [0.05, 0.1) is 17.0 Å². The van der Waals surface area contributed by atoms with Gasteiger partial charge in [0, 0.05) is 17.1 Å². The zero-order chi connectivity index (χ0) is 23.9. The number of amides is 2. The Labute approximate surface area is 205 Å². The Kier molecular flexibility index (Phi) is 7.61. The first-order valence-corrected chi connectivity index (χ1v) is 11.8. The molecule has 3 aromatic carbocycles. The molecule has 1 aromatic heterocycles. The predicted octanol–water partition coefficient (Wildman–Crippen LogP) is 5.36. The fourth-order valence-electron chi connectivity index (χ4n) is 3.06. The Balaban J connectivity index is 1.33. The third-order valence-electron chi connectivity index (χ3n) is 4.84. The number of hydrogen-bond acceptors (Lipinski definition) is 6. The molecule has 4 aromatic rings. The van der Waals surface area contributed by atoms with Gasteiger partial charge in [-0.15, -0.1) is 10.2 Å². The van der Waals surface area contributed by atoms with Crippen LogP contribution in [-0.4, -0.2) is 27.8 Å². The van der Waals surface area contributed by atoms with E-state index >= 15 is 0 Å². The van der Waals surface area contributed by atoms with E-state index in [1.807, 2.05) is 31.2 Å². The number of nitrogens with one attached hydrogen (secondary N) is 2. The van der Waals surface area contributed by atoms with E-state index in [9.17, 15) is 9.59 Å². The smallest absolute Gasteiger partial charge is 0.277 e. The van der Waals surface area contributed by atoms with Crippen molar-refractivity contribution < 1.29 is 14.0 Å². The van der Waals surface area contributed by atoms with Crippen molar-refractivity contribution in [3.8, 4) is 11.5 Å². The molecule has 1 heterocycles. The molecule has 0 fully saturated rings. The van der Waals surface area contributed by atoms with Crippen LogP contribution in [0.2, 0.25) is 5.02 Å². The van der Waals surface area contributed by atoms with Crippen molar-refractivity contribution in [1.29, 1.82) is 0 Å². The molecule has 0 saturated heterocycles. The molecule has 2 N–H and O–H groups in total. The van der Waals surface area contributed by atoms with E-state index < -0.39 is 0 Å². The average molecular weight is 493 g/mol. The van der Waals surface area contributed by atoms with Gasteiger partial charge in [-0.3, -0.25) is 9.59 Å². The van der Waals surface area contributed by atoms with Gasteiger partial charge in [-0.2, -0.15) is 0 Å². The summed E-state index contributed by atoms with van der Waals surface area (Å²) in [5.41, 5.74) is 3.70. The second-order valence-corrected chi connectivity index (χ2v) is 8.79. The zero-order valence-electron chi connectivity index (χ0n) is 18.2. The molecule has 0 bridgehead atoms. The van der Waals surface area contributed by atoms with Crippen LogP contribution in [0.3, 0.4) is 0 Å². The predicted molar refractivity (Wildman–Crippen MR) is 133 cm³/mol. The molecule has 0 radical (unpaired) electrons. The number of benzene rings is 3. The standard InChI is InChI=1S/C25H21ClN4O3S/c1-16-6-8-17(9-7-16)14-27-23(32)20-4-2-3-5-21(20)28-22(31)15-34-25-30-29-24(33-25)18-10-12-19(26)13-11-18/h2-13H,14-15H2,1H3,(H,27,32)(H,28,31). The van der Waals surface area contributed by atoms with Gasteiger partial charge in [0.2, 0.25) is 11.8 Å². The average Bonchev–Trinajstić information content (AvgIpc) is 3.32. The minimum absolute atomic E-state index is 0.0432. The van der Waals surface area contributed by atoms with Gasteiger partial charge in [-0.05, 0) is 48.9 Å². The fourth-order valence-corrected chi connectivity index (χ4v) is 3.75. The zero-order valence-corrected chi connectivity index (χ0v) is 19.8. The summed E-state index contributed by atoms with van der Waals surface area (Å²) >= 11 is 7.01. The molecule has 9 heteroatoms. The van der Waals surface area contributed by atoms with Crippen LogP contribution in [0.5, 0.6) is 0 Å². The van der Waals surface area contributed by atoms with Gasteiger partial charge >= 0.3 is 0 Å². The summed E-state index contributed by atoms with van der Waals surface area (Å²) in [6.07, 6.45) is 0. The number of carbonyl (C=O) groups excluding carboxylic acids is 2. The highest BCUT2D eigenvalue weighted by molar-refractivity contribution is 7.99. The first-order chi connectivity index (χ1) is 16.5. The normalized spacial score (nSPS) is 10.6. The second kappa shape index (κ2) is 11.0. The maximum absolute atomic E-state index is 12.7. The lowest BCUT2D eigenvalue weighted by molar-refractivity contribution is -0.113. The number of aromatic nitrogens is 2. The fraction of sp³-hybridized carbons (Fsp3) is 0.120. The summed E-state index contributed by atoms with van der Waals surface area (Å²) in [6.45, 7) is 2.40. The summed E-state index contributed by atoms with van der Waals surface area (Å²) in [7, 11) is 0. The summed E-state index contributed by atoms with van der Waals surface area (Å²) < 4.78 is 5.61. The van der Waals surface area contributed by atoms with E-state index in [2.05, 4.69) is 20.8 Å². The van der Waals surface area contributed by atoms with Crippen LogP contribution in [0.25, 0.3) is 11.5 Å². The molecule has 0 unspecified atom stereocenters. The maximum Gasteiger partial charge on any atom is 0.277 e. The van der Waals surface area contributed by atoms with E-state index in [1.54, 1.807) is 48.5 Å². The number of nitrogens with zero attached hydrogens (tertiary/aromatic N) is 2. The molecule has 34 heavy (non-hydrogen) atoms. The molecule has 172 valence electrons. The van der Waals surface area contributed by atoms with Crippen LogP contribution < -0.4 is 10.6 Å². The summed E-state index contributed by atoms with van der Waals surface area (Å²) in [4.78, 5) is 25.2. The molecule has 0 aliphatic carbocycles. The Morgan fingerprint density at radius 2 is 1.71 bits per heavy atom. The summed E-state index contributed by atoms with van der Waals surface area (Å²) in [5, 5.41) is 14.5. The number of aryl methyl sites for hydroxylation is 1. The molecule has 0 atom stereocenters. The number of carbonyl (C=O) groups is 2. The van der Waals surface area contributed by atoms with E-state index in [0.717, 1.165) is 28.5 Å². The largest absolute Gasteiger partial charge is 0.411 e. The van der Waals surface area contributed by atoms with Crippen molar-refractivity contribution in [2.75, 3.05) is 11.1 Å². The van der Waals surface area contributed by atoms with Gasteiger partial charge in [-0.25, -0.2) is 0 Å². The van der Waals surface area contributed by atoms with Crippen LogP contribution in [0, 0.1) is 6.92 Å². The molecule has 0 aliphatic heterocycles. The minimum atomic E-state index is -0.296. The van der Waals surface area contributed by atoms with Crippen molar-refractivity contribution in [1.82, 2.24) is 15.5 Å². The highest BCUT2D eigenvalue weighted by atomic mass is 35.5. The van der Waals surface area contributed by atoms with Crippen LogP contribution in [-0.2, 0) is 11.3 Å². The first-order valence-electron chi connectivity index (χ1n) is 10.4. The van der Waals surface area contributed by atoms with E-state index in [1.165, 1.54) is 0 Å². The van der Waals surface area contributed by atoms with E-state index in [0.29, 0.717) is 28.7 Å². The minimum Gasteiger partial charge on any atom is -0.411 e. The number of anilines is 1. The molecule has 7 nitrogen and oxygen atoms in total. The number of halogens is 1. The third kappa shape index (κ3) is 6.24. The summed E-state index contributed by atoms with van der Waals surface area (Å²) in [5.74, 6) is -0.180. The van der Waals surface area contributed by atoms with Crippen LogP contribution >= 0.6 is 23.4 Å². The monoisotopic (exact) mass is 492 g/mol. The highest BCUT2D eigenvalue weighted by Gasteiger charge is 2.15. The molecule has 0 saturated carbocycles. The number of rotatable bonds is 8. The van der Waals surface area contributed by atoms with E-state index in [-0.39, 0.29) is 22.8 Å². The van der Waals surface area contributed by atoms with Crippen molar-refractivity contribution in [3.63, 3.8) is 0 Å². The number of hydrogen-bond donors (Lipinski definition) is 2. The molecular weight excluding hydrogens is 472 g/mol. The Morgan fingerprint density at radius 1 is 0.971 bits per heavy atom. The SMILES string of the molecule is Cc1ccc(CNC(=O)c2ccccc2NC(=O)CSc2nnc(-c3ccc(Cl)cc3)o2)cc1. The van der Waals surface area contributed by atoms with Crippen molar-refractivity contribution in [3.05, 3.63) is 94.5 Å². The van der Waals surface area contributed by atoms with Crippen LogP contribution in [0.1, 0.15) is 21.5 Å². The van der Waals surface area contributed by atoms with E-state index in [4.69, 9.17) is 16.0 Å². The van der Waals surface area contributed by atoms with Crippen LogP contribution in [0.15, 0.2) is 82.4 Å². The summed E-state index contributed by atoms with van der Waals surface area (Å²) in [6, 6.07) is 21.8. The van der Waals surface area contributed by atoms with Crippen molar-refractivity contribution in [2.45, 2.75) is 18.7 Å². The number of thioether (sulfide) groups is 1. The lowest BCUT2D eigenvalue weighted by Crippen LogP contribution is -2.25. The Morgan fingerprint density at radius 3 is 2.47 bits per heavy atom. The molecule has 0 aliphatic rings. The Hall–Kier alpha value is -3.62. The Bertz CT molecular complexity index is 1290. The molecular formula is C25H21ClN4O3S.